The van der Waals surface area contributed by atoms with Crippen molar-refractivity contribution in [3.63, 3.8) is 0 Å². The fourth-order valence-corrected chi connectivity index (χ4v) is 1.21. The molecule has 2 N–H and O–H groups in total. The van der Waals surface area contributed by atoms with Crippen molar-refractivity contribution >= 4 is 5.97 Å². The zero-order valence-electron chi connectivity index (χ0n) is 9.30. The number of hydrogen-bond donors (Lipinski definition) is 1. The summed E-state index contributed by atoms with van der Waals surface area (Å²) in [7, 11) is 1.35. The van der Waals surface area contributed by atoms with Crippen molar-refractivity contribution in [2.45, 2.75) is 32.4 Å². The van der Waals surface area contributed by atoms with Crippen molar-refractivity contribution in [1.29, 1.82) is 0 Å². The first-order valence-corrected chi connectivity index (χ1v) is 4.91. The monoisotopic (exact) mass is 211 g/mol. The molecule has 0 aromatic carbocycles. The van der Waals surface area contributed by atoms with E-state index in [1.54, 1.807) is 6.20 Å². The van der Waals surface area contributed by atoms with Gasteiger partial charge in [0.2, 0.25) is 0 Å². The number of esters is 1. The van der Waals surface area contributed by atoms with Gasteiger partial charge in [0.15, 0.2) is 0 Å². The molecular formula is C10H17N3O2. The van der Waals surface area contributed by atoms with E-state index < -0.39 is 0 Å². The van der Waals surface area contributed by atoms with Crippen LogP contribution in [0.2, 0.25) is 0 Å². The van der Waals surface area contributed by atoms with Crippen molar-refractivity contribution in [3.8, 4) is 0 Å². The van der Waals surface area contributed by atoms with E-state index in [9.17, 15) is 4.79 Å². The van der Waals surface area contributed by atoms with E-state index in [1.165, 1.54) is 7.11 Å². The molecule has 0 aliphatic heterocycles. The third-order valence-electron chi connectivity index (χ3n) is 2.19. The van der Waals surface area contributed by atoms with Crippen LogP contribution in [0.25, 0.3) is 0 Å². The summed E-state index contributed by atoms with van der Waals surface area (Å²) in [5.74, 6) is -0.306. The van der Waals surface area contributed by atoms with Crippen LogP contribution in [0.3, 0.4) is 0 Å². The number of nitrogens with two attached hydrogens (primary N) is 1. The summed E-state index contributed by atoms with van der Waals surface area (Å²) in [6, 6.07) is -0.0472. The molecule has 5 nitrogen and oxygen atoms in total. The Morgan fingerprint density at radius 1 is 1.67 bits per heavy atom. The van der Waals surface area contributed by atoms with E-state index >= 15 is 0 Å². The van der Waals surface area contributed by atoms with E-state index in [2.05, 4.69) is 9.84 Å². The molecule has 0 amide bonds. The van der Waals surface area contributed by atoms with Gasteiger partial charge in [0.1, 0.15) is 0 Å². The second kappa shape index (κ2) is 4.93. The molecule has 0 aliphatic carbocycles. The molecule has 0 bridgehead atoms. The summed E-state index contributed by atoms with van der Waals surface area (Å²) < 4.78 is 6.36. The van der Waals surface area contributed by atoms with Crippen molar-refractivity contribution in [1.82, 2.24) is 9.78 Å². The number of carbonyl (C=O) groups is 1. The molecule has 0 radical (unpaired) electrons. The van der Waals surface area contributed by atoms with Crippen LogP contribution in [0.4, 0.5) is 0 Å². The van der Waals surface area contributed by atoms with Crippen molar-refractivity contribution in [2.24, 2.45) is 5.73 Å². The standard InChI is InChI=1S/C10H17N3O2/c1-7(2)13-6-8(5-12-13)9(11)4-10(14)15-3/h5-7,9H,4,11H2,1-3H3/t9-/m1/s1. The molecule has 0 unspecified atom stereocenters. The second-order valence-corrected chi connectivity index (χ2v) is 3.73. The Balaban J connectivity index is 2.65. The lowest BCUT2D eigenvalue weighted by molar-refractivity contribution is -0.141. The van der Waals surface area contributed by atoms with Crippen molar-refractivity contribution in [3.05, 3.63) is 18.0 Å². The first-order chi connectivity index (χ1) is 7.04. The maximum absolute atomic E-state index is 11.0. The van der Waals surface area contributed by atoms with E-state index in [0.29, 0.717) is 6.04 Å². The Morgan fingerprint density at radius 3 is 2.80 bits per heavy atom. The van der Waals surface area contributed by atoms with E-state index in [0.717, 1.165) is 5.56 Å². The van der Waals surface area contributed by atoms with Crippen LogP contribution in [-0.4, -0.2) is 22.9 Å². The topological polar surface area (TPSA) is 70.1 Å². The van der Waals surface area contributed by atoms with Gasteiger partial charge in [0.05, 0.1) is 19.7 Å². The SMILES string of the molecule is COC(=O)C[C@@H](N)c1cnn(C(C)C)c1. The first-order valence-electron chi connectivity index (χ1n) is 4.91. The highest BCUT2D eigenvalue weighted by molar-refractivity contribution is 5.70. The van der Waals surface area contributed by atoms with Crippen LogP contribution in [0.5, 0.6) is 0 Å². The Morgan fingerprint density at radius 2 is 2.33 bits per heavy atom. The summed E-state index contributed by atoms with van der Waals surface area (Å²) in [5.41, 5.74) is 6.69. The molecule has 5 heteroatoms. The molecule has 1 heterocycles. The molecule has 0 spiro atoms. The van der Waals surface area contributed by atoms with E-state index in [4.69, 9.17) is 5.73 Å². The predicted octanol–water partition coefficient (Wildman–Crippen LogP) is 1.03. The van der Waals surface area contributed by atoms with Crippen LogP contribution in [0.1, 0.15) is 37.9 Å². The van der Waals surface area contributed by atoms with Gasteiger partial charge in [-0.2, -0.15) is 5.10 Å². The van der Waals surface area contributed by atoms with Gasteiger partial charge in [-0.05, 0) is 13.8 Å². The van der Waals surface area contributed by atoms with Gasteiger partial charge in [-0.3, -0.25) is 9.48 Å². The largest absolute Gasteiger partial charge is 0.469 e. The third kappa shape index (κ3) is 3.06. The Hall–Kier alpha value is -1.36. The number of carbonyl (C=O) groups excluding carboxylic acids is 1. The predicted molar refractivity (Wildman–Crippen MR) is 56.2 cm³/mol. The summed E-state index contributed by atoms with van der Waals surface area (Å²) in [6.07, 6.45) is 3.73. The van der Waals surface area contributed by atoms with Crippen LogP contribution >= 0.6 is 0 Å². The van der Waals surface area contributed by atoms with Gasteiger partial charge in [0, 0.05) is 23.8 Å². The average molecular weight is 211 g/mol. The van der Waals surface area contributed by atoms with Gasteiger partial charge >= 0.3 is 5.97 Å². The summed E-state index contributed by atoms with van der Waals surface area (Å²) in [6.45, 7) is 4.06. The third-order valence-corrected chi connectivity index (χ3v) is 2.19. The second-order valence-electron chi connectivity index (χ2n) is 3.73. The van der Waals surface area contributed by atoms with Crippen LogP contribution in [0, 0.1) is 0 Å². The Kier molecular flexibility index (Phi) is 3.85. The zero-order chi connectivity index (χ0) is 11.4. The first kappa shape index (κ1) is 11.7. The number of ether oxygens (including phenoxy) is 1. The van der Waals surface area contributed by atoms with Gasteiger partial charge in [-0.1, -0.05) is 0 Å². The zero-order valence-corrected chi connectivity index (χ0v) is 9.30. The molecule has 84 valence electrons. The minimum atomic E-state index is -0.343. The van der Waals surface area contributed by atoms with E-state index in [1.807, 2.05) is 24.7 Å². The lowest BCUT2D eigenvalue weighted by Gasteiger charge is -2.07. The summed E-state index contributed by atoms with van der Waals surface area (Å²) >= 11 is 0. The quantitative estimate of drug-likeness (QED) is 0.755. The molecule has 0 fully saturated rings. The van der Waals surface area contributed by atoms with Gasteiger partial charge < -0.3 is 10.5 Å². The van der Waals surface area contributed by atoms with Gasteiger partial charge in [-0.25, -0.2) is 0 Å². The van der Waals surface area contributed by atoms with Gasteiger partial charge in [0.25, 0.3) is 0 Å². The molecule has 0 saturated heterocycles. The highest BCUT2D eigenvalue weighted by Gasteiger charge is 2.14. The molecule has 1 aromatic rings. The minimum absolute atomic E-state index is 0.181. The van der Waals surface area contributed by atoms with Crippen LogP contribution < -0.4 is 5.73 Å². The molecule has 1 atom stereocenters. The van der Waals surface area contributed by atoms with Crippen molar-refractivity contribution in [2.75, 3.05) is 7.11 Å². The average Bonchev–Trinajstić information content (AvgIpc) is 2.66. The number of rotatable bonds is 4. The van der Waals surface area contributed by atoms with Crippen molar-refractivity contribution < 1.29 is 9.53 Å². The summed E-state index contributed by atoms with van der Waals surface area (Å²) in [4.78, 5) is 11.0. The number of aromatic nitrogens is 2. The van der Waals surface area contributed by atoms with E-state index in [-0.39, 0.29) is 18.4 Å². The lowest BCUT2D eigenvalue weighted by Crippen LogP contribution is -2.15. The Labute approximate surface area is 89.2 Å². The molecule has 15 heavy (non-hydrogen) atoms. The molecule has 0 aliphatic rings. The molecule has 0 saturated carbocycles. The fourth-order valence-electron chi connectivity index (χ4n) is 1.21. The lowest BCUT2D eigenvalue weighted by atomic mass is 10.1. The van der Waals surface area contributed by atoms with Crippen LogP contribution in [0.15, 0.2) is 12.4 Å². The minimum Gasteiger partial charge on any atom is -0.469 e. The maximum Gasteiger partial charge on any atom is 0.307 e. The highest BCUT2D eigenvalue weighted by atomic mass is 16.5. The normalized spacial score (nSPS) is 12.9. The molecular weight excluding hydrogens is 194 g/mol. The Bertz CT molecular complexity index is 333. The van der Waals surface area contributed by atoms with Gasteiger partial charge in [-0.15, -0.1) is 0 Å². The highest BCUT2D eigenvalue weighted by Crippen LogP contribution is 2.15. The summed E-state index contributed by atoms with van der Waals surface area (Å²) in [5, 5.41) is 4.15. The fraction of sp³-hybridized carbons (Fsp3) is 0.600. The molecule has 1 rings (SSSR count). The smallest absolute Gasteiger partial charge is 0.307 e. The number of hydrogen-bond acceptors (Lipinski definition) is 4. The number of nitrogens with zero attached hydrogens (tertiary/aromatic N) is 2. The van der Waals surface area contributed by atoms with Crippen LogP contribution in [-0.2, 0) is 9.53 Å². The number of methoxy groups -OCH3 is 1. The maximum atomic E-state index is 11.0. The molecule has 1 aromatic heterocycles.